The molecule has 140 valence electrons. The van der Waals surface area contributed by atoms with E-state index >= 15 is 0 Å². The molecule has 28 heavy (non-hydrogen) atoms. The van der Waals surface area contributed by atoms with Crippen LogP contribution in [0, 0.1) is 6.92 Å². The van der Waals surface area contributed by atoms with Gasteiger partial charge in [-0.25, -0.2) is 0 Å². The first-order valence-electron chi connectivity index (χ1n) is 9.49. The predicted molar refractivity (Wildman–Crippen MR) is 112 cm³/mol. The minimum absolute atomic E-state index is 0.0281. The van der Waals surface area contributed by atoms with E-state index < -0.39 is 0 Å². The zero-order valence-electron chi connectivity index (χ0n) is 15.9. The van der Waals surface area contributed by atoms with Gasteiger partial charge in [0.2, 0.25) is 5.91 Å². The van der Waals surface area contributed by atoms with Gasteiger partial charge >= 0.3 is 0 Å². The Bertz CT molecular complexity index is 1070. The summed E-state index contributed by atoms with van der Waals surface area (Å²) in [5.41, 5.74) is 5.41. The van der Waals surface area contributed by atoms with Crippen LogP contribution >= 0.6 is 0 Å². The number of amides is 1. The fourth-order valence-electron chi connectivity index (χ4n) is 3.55. The second-order valence-corrected chi connectivity index (χ2v) is 7.12. The number of nitrogens with one attached hydrogen (secondary N) is 2. The number of aromatic amines is 1. The van der Waals surface area contributed by atoms with Crippen LogP contribution in [-0.2, 0) is 17.8 Å². The molecule has 4 nitrogen and oxygen atoms in total. The van der Waals surface area contributed by atoms with Crippen LogP contribution < -0.4 is 5.32 Å². The summed E-state index contributed by atoms with van der Waals surface area (Å²) in [6.07, 6.45) is 4.20. The van der Waals surface area contributed by atoms with Crippen molar-refractivity contribution in [2.75, 3.05) is 0 Å². The normalized spacial score (nSPS) is 12.0. The molecule has 0 radical (unpaired) electrons. The SMILES string of the molecule is Cc1cc2cc(CNC(=O)C(Cc3cccnc3)c3ccccc3)ccc2[nH]1. The number of H-pyrrole nitrogens is 1. The maximum Gasteiger partial charge on any atom is 0.228 e. The molecule has 2 aromatic heterocycles. The molecule has 4 rings (SSSR count). The summed E-state index contributed by atoms with van der Waals surface area (Å²) in [6, 6.07) is 22.2. The highest BCUT2D eigenvalue weighted by atomic mass is 16.1. The highest BCUT2D eigenvalue weighted by Crippen LogP contribution is 2.22. The third-order valence-corrected chi connectivity index (χ3v) is 4.97. The highest BCUT2D eigenvalue weighted by molar-refractivity contribution is 5.84. The van der Waals surface area contributed by atoms with Gasteiger partial charge in [0.25, 0.3) is 0 Å². The molecular weight excluding hydrogens is 346 g/mol. The van der Waals surface area contributed by atoms with Gasteiger partial charge in [-0.05, 0) is 59.7 Å². The Kier molecular flexibility index (Phi) is 5.20. The standard InChI is InChI=1S/C24H23N3O/c1-17-12-21-13-19(9-10-23(21)27-17)16-26-24(28)22(20-7-3-2-4-8-20)14-18-6-5-11-25-15-18/h2-13,15,22,27H,14,16H2,1H3,(H,26,28). The van der Waals surface area contributed by atoms with E-state index in [-0.39, 0.29) is 11.8 Å². The Hall–Kier alpha value is -3.40. The van der Waals surface area contributed by atoms with Crippen LogP contribution in [0.1, 0.15) is 28.3 Å². The molecule has 0 spiro atoms. The average molecular weight is 369 g/mol. The third-order valence-electron chi connectivity index (χ3n) is 4.97. The zero-order chi connectivity index (χ0) is 19.3. The molecule has 1 atom stereocenters. The van der Waals surface area contributed by atoms with E-state index in [0.717, 1.165) is 27.9 Å². The van der Waals surface area contributed by atoms with Crippen LogP contribution in [0.4, 0.5) is 0 Å². The van der Waals surface area contributed by atoms with E-state index in [0.29, 0.717) is 13.0 Å². The second kappa shape index (κ2) is 8.09. The Morgan fingerprint density at radius 3 is 2.68 bits per heavy atom. The summed E-state index contributed by atoms with van der Waals surface area (Å²) in [4.78, 5) is 20.6. The zero-order valence-corrected chi connectivity index (χ0v) is 15.9. The van der Waals surface area contributed by atoms with Gasteiger partial charge in [0.1, 0.15) is 0 Å². The molecule has 0 aliphatic carbocycles. The van der Waals surface area contributed by atoms with Crippen molar-refractivity contribution in [3.05, 3.63) is 102 Å². The first kappa shape index (κ1) is 18.0. The molecule has 1 amide bonds. The molecule has 4 heteroatoms. The van der Waals surface area contributed by atoms with Crippen molar-refractivity contribution in [1.82, 2.24) is 15.3 Å². The predicted octanol–water partition coefficient (Wildman–Crippen LogP) is 4.51. The average Bonchev–Trinajstić information content (AvgIpc) is 3.11. The van der Waals surface area contributed by atoms with Gasteiger partial charge in [-0.1, -0.05) is 42.5 Å². The van der Waals surface area contributed by atoms with Crippen molar-refractivity contribution in [1.29, 1.82) is 0 Å². The Morgan fingerprint density at radius 1 is 1.04 bits per heavy atom. The van der Waals surface area contributed by atoms with Gasteiger partial charge in [-0.2, -0.15) is 0 Å². The van der Waals surface area contributed by atoms with Crippen molar-refractivity contribution in [2.45, 2.75) is 25.8 Å². The molecule has 0 aliphatic rings. The van der Waals surface area contributed by atoms with Crippen LogP contribution in [0.25, 0.3) is 10.9 Å². The summed E-state index contributed by atoms with van der Waals surface area (Å²) in [5, 5.41) is 4.29. The molecule has 0 saturated carbocycles. The van der Waals surface area contributed by atoms with Gasteiger partial charge < -0.3 is 10.3 Å². The summed E-state index contributed by atoms with van der Waals surface area (Å²) in [7, 11) is 0. The van der Waals surface area contributed by atoms with Crippen LogP contribution in [-0.4, -0.2) is 15.9 Å². The van der Waals surface area contributed by atoms with Gasteiger partial charge in [0.15, 0.2) is 0 Å². The Morgan fingerprint density at radius 2 is 1.89 bits per heavy atom. The summed E-state index contributed by atoms with van der Waals surface area (Å²) < 4.78 is 0. The van der Waals surface area contributed by atoms with Crippen LogP contribution in [0.15, 0.2) is 79.1 Å². The lowest BCUT2D eigenvalue weighted by molar-refractivity contribution is -0.122. The van der Waals surface area contributed by atoms with E-state index in [2.05, 4.69) is 39.6 Å². The Labute approximate surface area is 164 Å². The fraction of sp³-hybridized carbons (Fsp3) is 0.167. The van der Waals surface area contributed by atoms with E-state index in [1.54, 1.807) is 6.20 Å². The largest absolute Gasteiger partial charge is 0.359 e. The number of hydrogen-bond acceptors (Lipinski definition) is 2. The molecule has 4 aromatic rings. The van der Waals surface area contributed by atoms with Crippen molar-refractivity contribution in [2.24, 2.45) is 0 Å². The lowest BCUT2D eigenvalue weighted by atomic mass is 9.91. The first-order chi connectivity index (χ1) is 13.7. The lowest BCUT2D eigenvalue weighted by Crippen LogP contribution is -2.30. The molecular formula is C24H23N3O. The molecule has 0 aliphatic heterocycles. The third kappa shape index (κ3) is 4.12. The van der Waals surface area contributed by atoms with Gasteiger partial charge in [0, 0.05) is 30.1 Å². The summed E-state index contributed by atoms with van der Waals surface area (Å²) in [6.45, 7) is 2.56. The number of carbonyl (C=O) groups is 1. The van der Waals surface area contributed by atoms with Crippen LogP contribution in [0.3, 0.4) is 0 Å². The van der Waals surface area contributed by atoms with Crippen molar-refractivity contribution in [3.8, 4) is 0 Å². The van der Waals surface area contributed by atoms with E-state index in [1.165, 1.54) is 5.39 Å². The van der Waals surface area contributed by atoms with Gasteiger partial charge in [-0.3, -0.25) is 9.78 Å². The number of aromatic nitrogens is 2. The number of pyridine rings is 1. The molecule has 0 saturated heterocycles. The number of carbonyl (C=O) groups excluding carboxylic acids is 1. The highest BCUT2D eigenvalue weighted by Gasteiger charge is 2.21. The number of benzene rings is 2. The first-order valence-corrected chi connectivity index (χ1v) is 9.49. The minimum atomic E-state index is -0.247. The molecule has 2 aromatic carbocycles. The lowest BCUT2D eigenvalue weighted by Gasteiger charge is -2.17. The smallest absolute Gasteiger partial charge is 0.228 e. The van der Waals surface area contributed by atoms with Crippen molar-refractivity contribution in [3.63, 3.8) is 0 Å². The van der Waals surface area contributed by atoms with E-state index in [4.69, 9.17) is 0 Å². The fourth-order valence-corrected chi connectivity index (χ4v) is 3.55. The summed E-state index contributed by atoms with van der Waals surface area (Å²) in [5.74, 6) is -0.218. The van der Waals surface area contributed by atoms with Crippen molar-refractivity contribution >= 4 is 16.8 Å². The minimum Gasteiger partial charge on any atom is -0.359 e. The molecule has 0 bridgehead atoms. The molecule has 2 heterocycles. The molecule has 1 unspecified atom stereocenters. The van der Waals surface area contributed by atoms with Crippen LogP contribution in [0.5, 0.6) is 0 Å². The maximum atomic E-state index is 13.1. The number of fused-ring (bicyclic) bond motifs is 1. The second-order valence-electron chi connectivity index (χ2n) is 7.12. The van der Waals surface area contributed by atoms with Gasteiger partial charge in [0.05, 0.1) is 5.92 Å². The Balaban J connectivity index is 1.51. The summed E-state index contributed by atoms with van der Waals surface area (Å²) >= 11 is 0. The van der Waals surface area contributed by atoms with Gasteiger partial charge in [-0.15, -0.1) is 0 Å². The number of nitrogens with zero attached hydrogens (tertiary/aromatic N) is 1. The quantitative estimate of drug-likeness (QED) is 0.525. The van der Waals surface area contributed by atoms with Crippen LogP contribution in [0.2, 0.25) is 0 Å². The van der Waals surface area contributed by atoms with E-state index in [1.807, 2.05) is 55.6 Å². The number of rotatable bonds is 6. The van der Waals surface area contributed by atoms with Crippen molar-refractivity contribution < 1.29 is 4.79 Å². The number of aryl methyl sites for hydroxylation is 1. The monoisotopic (exact) mass is 369 g/mol. The molecule has 2 N–H and O–H groups in total. The molecule has 0 fully saturated rings. The maximum absolute atomic E-state index is 13.1. The van der Waals surface area contributed by atoms with E-state index in [9.17, 15) is 4.79 Å². The topological polar surface area (TPSA) is 57.8 Å². The number of hydrogen-bond donors (Lipinski definition) is 2.